The Hall–Kier alpha value is -1.10. The molecule has 3 N–H and O–H groups in total. The van der Waals surface area contributed by atoms with Crippen molar-refractivity contribution in [2.45, 2.75) is 57.9 Å². The minimum absolute atomic E-state index is 0.0317. The molecule has 0 aromatic carbocycles. The molecule has 1 fully saturated rings. The fourth-order valence-electron chi connectivity index (χ4n) is 2.40. The fourth-order valence-corrected chi connectivity index (χ4v) is 2.40. The van der Waals surface area contributed by atoms with Crippen molar-refractivity contribution < 1.29 is 14.7 Å². The Morgan fingerprint density at radius 3 is 2.68 bits per heavy atom. The quantitative estimate of drug-likeness (QED) is 0.584. The number of carbonyl (C=O) groups is 2. The summed E-state index contributed by atoms with van der Waals surface area (Å²) in [5.41, 5.74) is 0. The van der Waals surface area contributed by atoms with Crippen molar-refractivity contribution in [3.05, 3.63) is 0 Å². The smallest absolute Gasteiger partial charge is 0.303 e. The molecule has 5 heteroatoms. The average Bonchev–Trinajstić information content (AvgIpc) is 2.37. The monoisotopic (exact) mass is 270 g/mol. The third-order valence-corrected chi connectivity index (χ3v) is 3.60. The van der Waals surface area contributed by atoms with Gasteiger partial charge in [-0.25, -0.2) is 0 Å². The van der Waals surface area contributed by atoms with Gasteiger partial charge < -0.3 is 15.7 Å². The topological polar surface area (TPSA) is 78.4 Å². The van der Waals surface area contributed by atoms with Gasteiger partial charge in [0.15, 0.2) is 0 Å². The van der Waals surface area contributed by atoms with E-state index in [9.17, 15) is 9.59 Å². The molecule has 1 aliphatic heterocycles. The summed E-state index contributed by atoms with van der Waals surface area (Å²) < 4.78 is 0. The van der Waals surface area contributed by atoms with E-state index < -0.39 is 5.97 Å². The summed E-state index contributed by atoms with van der Waals surface area (Å²) in [4.78, 5) is 22.2. The number of hydrogen-bond donors (Lipinski definition) is 3. The molecule has 1 amide bonds. The van der Waals surface area contributed by atoms with Crippen molar-refractivity contribution in [2.75, 3.05) is 13.1 Å². The molecule has 0 bridgehead atoms. The predicted octanol–water partition coefficient (Wildman–Crippen LogP) is 1.53. The van der Waals surface area contributed by atoms with E-state index in [0.29, 0.717) is 12.5 Å². The molecular formula is C14H26N2O3. The van der Waals surface area contributed by atoms with Crippen LogP contribution in [0.4, 0.5) is 0 Å². The van der Waals surface area contributed by atoms with Crippen LogP contribution >= 0.6 is 0 Å². The van der Waals surface area contributed by atoms with Crippen molar-refractivity contribution in [1.82, 2.24) is 10.6 Å². The summed E-state index contributed by atoms with van der Waals surface area (Å²) >= 11 is 0. The van der Waals surface area contributed by atoms with Crippen LogP contribution in [0.25, 0.3) is 0 Å². The third kappa shape index (κ3) is 7.15. The Morgan fingerprint density at radius 1 is 1.26 bits per heavy atom. The molecule has 1 heterocycles. The highest BCUT2D eigenvalue weighted by molar-refractivity contribution is 5.81. The highest BCUT2D eigenvalue weighted by atomic mass is 16.4. The number of amides is 1. The van der Waals surface area contributed by atoms with Crippen LogP contribution in [0.1, 0.15) is 51.9 Å². The maximum atomic E-state index is 11.9. The van der Waals surface area contributed by atoms with E-state index in [0.717, 1.165) is 45.1 Å². The SMILES string of the molecule is CC1CCNC(C(=O)NCCCCCCC(=O)O)C1. The van der Waals surface area contributed by atoms with Crippen molar-refractivity contribution in [1.29, 1.82) is 0 Å². The maximum Gasteiger partial charge on any atom is 0.303 e. The molecule has 0 radical (unpaired) electrons. The molecule has 2 atom stereocenters. The fraction of sp³-hybridized carbons (Fsp3) is 0.857. The predicted molar refractivity (Wildman–Crippen MR) is 73.9 cm³/mol. The normalized spacial score (nSPS) is 23.0. The van der Waals surface area contributed by atoms with Gasteiger partial charge in [-0.2, -0.15) is 0 Å². The van der Waals surface area contributed by atoms with Crippen molar-refractivity contribution in [3.8, 4) is 0 Å². The minimum Gasteiger partial charge on any atom is -0.481 e. The number of rotatable bonds is 8. The van der Waals surface area contributed by atoms with Crippen LogP contribution in [0, 0.1) is 5.92 Å². The number of piperidine rings is 1. The maximum absolute atomic E-state index is 11.9. The highest BCUT2D eigenvalue weighted by Gasteiger charge is 2.23. The zero-order valence-corrected chi connectivity index (χ0v) is 11.8. The summed E-state index contributed by atoms with van der Waals surface area (Å²) in [6, 6.07) is -0.0317. The summed E-state index contributed by atoms with van der Waals surface area (Å²) in [7, 11) is 0. The van der Waals surface area contributed by atoms with Gasteiger partial charge in [0.1, 0.15) is 0 Å². The Bertz CT molecular complexity index is 294. The van der Waals surface area contributed by atoms with Crippen LogP contribution in [-0.2, 0) is 9.59 Å². The number of hydrogen-bond acceptors (Lipinski definition) is 3. The molecule has 0 aliphatic carbocycles. The van der Waals surface area contributed by atoms with Crippen LogP contribution in [0.15, 0.2) is 0 Å². The third-order valence-electron chi connectivity index (χ3n) is 3.60. The average molecular weight is 270 g/mol. The summed E-state index contributed by atoms with van der Waals surface area (Å²) in [6.45, 7) is 3.80. The molecule has 1 aliphatic rings. The number of unbranched alkanes of at least 4 members (excludes halogenated alkanes) is 3. The van der Waals surface area contributed by atoms with Crippen LogP contribution in [0.5, 0.6) is 0 Å². The number of carboxylic acid groups (broad SMARTS) is 1. The van der Waals surface area contributed by atoms with Crippen LogP contribution in [-0.4, -0.2) is 36.1 Å². The van der Waals surface area contributed by atoms with Crippen molar-refractivity contribution >= 4 is 11.9 Å². The van der Waals surface area contributed by atoms with Gasteiger partial charge >= 0.3 is 5.97 Å². The van der Waals surface area contributed by atoms with Gasteiger partial charge in [-0.15, -0.1) is 0 Å². The zero-order chi connectivity index (χ0) is 14.1. The second kappa shape index (κ2) is 8.91. The number of aliphatic carboxylic acids is 1. The van der Waals surface area contributed by atoms with Gasteiger partial charge in [-0.05, 0) is 38.1 Å². The van der Waals surface area contributed by atoms with Gasteiger partial charge in [0, 0.05) is 13.0 Å². The van der Waals surface area contributed by atoms with E-state index in [-0.39, 0.29) is 18.4 Å². The zero-order valence-electron chi connectivity index (χ0n) is 11.8. The standard InChI is InChI=1S/C14H26N2O3/c1-11-7-9-15-12(10-11)14(19)16-8-5-3-2-4-6-13(17)18/h11-12,15H,2-10H2,1H3,(H,16,19)(H,17,18). The van der Waals surface area contributed by atoms with E-state index in [1.54, 1.807) is 0 Å². The largest absolute Gasteiger partial charge is 0.481 e. The molecule has 2 unspecified atom stereocenters. The van der Waals surface area contributed by atoms with Gasteiger partial charge in [0.25, 0.3) is 0 Å². The molecule has 110 valence electrons. The lowest BCUT2D eigenvalue weighted by Crippen LogP contribution is -2.48. The lowest BCUT2D eigenvalue weighted by Gasteiger charge is -2.27. The van der Waals surface area contributed by atoms with E-state index in [4.69, 9.17) is 5.11 Å². The van der Waals surface area contributed by atoms with Crippen LogP contribution in [0.2, 0.25) is 0 Å². The highest BCUT2D eigenvalue weighted by Crippen LogP contribution is 2.14. The lowest BCUT2D eigenvalue weighted by molar-refractivity contribution is -0.137. The summed E-state index contributed by atoms with van der Waals surface area (Å²) in [5, 5.41) is 14.7. The van der Waals surface area contributed by atoms with Gasteiger partial charge in [-0.3, -0.25) is 9.59 Å². The second-order valence-electron chi connectivity index (χ2n) is 5.49. The van der Waals surface area contributed by atoms with E-state index in [2.05, 4.69) is 17.6 Å². The Morgan fingerprint density at radius 2 is 2.00 bits per heavy atom. The Balaban J connectivity index is 1.99. The number of nitrogens with one attached hydrogen (secondary N) is 2. The Kier molecular flexibility index (Phi) is 7.48. The second-order valence-corrected chi connectivity index (χ2v) is 5.49. The van der Waals surface area contributed by atoms with E-state index in [1.807, 2.05) is 0 Å². The lowest BCUT2D eigenvalue weighted by atomic mass is 9.94. The van der Waals surface area contributed by atoms with E-state index in [1.165, 1.54) is 0 Å². The first-order chi connectivity index (χ1) is 9.09. The molecule has 1 saturated heterocycles. The molecule has 5 nitrogen and oxygen atoms in total. The molecule has 0 aromatic rings. The van der Waals surface area contributed by atoms with Crippen LogP contribution < -0.4 is 10.6 Å². The number of carboxylic acids is 1. The summed E-state index contributed by atoms with van der Waals surface area (Å²) in [5.74, 6) is -0.00380. The van der Waals surface area contributed by atoms with Crippen molar-refractivity contribution in [3.63, 3.8) is 0 Å². The number of carbonyl (C=O) groups excluding carboxylic acids is 1. The summed E-state index contributed by atoms with van der Waals surface area (Å²) in [6.07, 6.45) is 5.86. The first-order valence-electron chi connectivity index (χ1n) is 7.32. The first-order valence-corrected chi connectivity index (χ1v) is 7.32. The van der Waals surface area contributed by atoms with Gasteiger partial charge in [-0.1, -0.05) is 19.8 Å². The van der Waals surface area contributed by atoms with Gasteiger partial charge in [0.2, 0.25) is 5.91 Å². The molecule has 0 spiro atoms. The molecule has 0 aromatic heterocycles. The minimum atomic E-state index is -0.731. The van der Waals surface area contributed by atoms with Gasteiger partial charge in [0.05, 0.1) is 6.04 Å². The molecule has 1 rings (SSSR count). The molecular weight excluding hydrogens is 244 g/mol. The first kappa shape index (κ1) is 16.0. The van der Waals surface area contributed by atoms with Crippen molar-refractivity contribution in [2.24, 2.45) is 5.92 Å². The van der Waals surface area contributed by atoms with Crippen LogP contribution in [0.3, 0.4) is 0 Å². The van der Waals surface area contributed by atoms with E-state index >= 15 is 0 Å². The Labute approximate surface area is 115 Å². The molecule has 19 heavy (non-hydrogen) atoms. The molecule has 0 saturated carbocycles.